The van der Waals surface area contributed by atoms with Gasteiger partial charge in [-0.3, -0.25) is 0 Å². The molecule has 0 saturated carbocycles. The topological polar surface area (TPSA) is 0 Å². The molecular formula is C15H7F25. The van der Waals surface area contributed by atoms with Crippen molar-refractivity contribution in [2.24, 2.45) is 0 Å². The van der Waals surface area contributed by atoms with Crippen molar-refractivity contribution in [1.82, 2.24) is 0 Å². The Labute approximate surface area is 202 Å². The van der Waals surface area contributed by atoms with E-state index < -0.39 is 84.2 Å². The van der Waals surface area contributed by atoms with Crippen molar-refractivity contribution in [1.29, 1.82) is 0 Å². The summed E-state index contributed by atoms with van der Waals surface area (Å²) in [7, 11) is 0. The van der Waals surface area contributed by atoms with Gasteiger partial charge in [-0.2, -0.15) is 110 Å². The second-order valence-corrected chi connectivity index (χ2v) is 7.70. The quantitative estimate of drug-likeness (QED) is 0.183. The molecule has 0 unspecified atom stereocenters. The molecule has 0 aliphatic carbocycles. The predicted octanol–water partition coefficient (Wildman–Crippen LogP) is 9.34. The van der Waals surface area contributed by atoms with Crippen LogP contribution in [0.1, 0.15) is 19.8 Å². The van der Waals surface area contributed by atoms with Crippen molar-refractivity contribution in [3.63, 3.8) is 0 Å². The molecule has 0 fully saturated rings. The molecule has 0 spiro atoms. The van der Waals surface area contributed by atoms with Gasteiger partial charge in [0.05, 0.1) is 0 Å². The minimum atomic E-state index is -9.56. The first-order valence-corrected chi connectivity index (χ1v) is 9.04. The van der Waals surface area contributed by atoms with Crippen molar-refractivity contribution >= 4 is 0 Å². The standard InChI is InChI=1S/C15H7F25/c1-2-3-4(16,17)5(18,19)6(20,21)7(22,23)8(24,25)9(26,27)10(28,29)11(30,31)12(32,33)13(34,35)14(36,37)15(38,39)40/h2-3H2,1H3. The first kappa shape index (κ1) is 38.2. The van der Waals surface area contributed by atoms with Gasteiger partial charge in [-0.05, 0) is 0 Å². The monoisotopic (exact) mass is 662 g/mol. The van der Waals surface area contributed by atoms with Gasteiger partial charge in [0, 0.05) is 6.42 Å². The SMILES string of the molecule is CCCC(F)(F)C(F)(F)C(F)(F)C(F)(F)C(F)(F)C(F)(F)C(F)(F)C(F)(F)C(F)(F)C(F)(F)C(F)(F)C(F)(F)F. The van der Waals surface area contributed by atoms with Crippen molar-refractivity contribution in [3.05, 3.63) is 0 Å². The molecule has 0 N–H and O–H groups in total. The molecule has 0 aliphatic rings. The maximum Gasteiger partial charge on any atom is 0.460 e. The summed E-state index contributed by atoms with van der Waals surface area (Å²) in [6, 6.07) is 0. The summed E-state index contributed by atoms with van der Waals surface area (Å²) in [6.45, 7) is 0.393. The zero-order valence-corrected chi connectivity index (χ0v) is 17.9. The maximum absolute atomic E-state index is 13.6. The summed E-state index contributed by atoms with van der Waals surface area (Å²) in [4.78, 5) is 0. The average molecular weight is 662 g/mol. The maximum atomic E-state index is 13.6. The molecular weight excluding hydrogens is 655 g/mol. The number of halogens is 25. The Morgan fingerprint density at radius 2 is 0.450 bits per heavy atom. The molecule has 0 aromatic carbocycles. The summed E-state index contributed by atoms with van der Waals surface area (Å²) in [5.74, 6) is -97.5. The van der Waals surface area contributed by atoms with Gasteiger partial charge in [-0.15, -0.1) is 0 Å². The van der Waals surface area contributed by atoms with E-state index in [4.69, 9.17) is 0 Å². The largest absolute Gasteiger partial charge is 0.460 e. The van der Waals surface area contributed by atoms with E-state index in [2.05, 4.69) is 0 Å². The third-order valence-electron chi connectivity index (χ3n) is 4.93. The van der Waals surface area contributed by atoms with Crippen LogP contribution < -0.4 is 0 Å². The molecule has 40 heavy (non-hydrogen) atoms. The molecule has 0 heterocycles. The Bertz CT molecular complexity index is 904. The molecule has 0 rings (SSSR count). The van der Waals surface area contributed by atoms with E-state index in [0.717, 1.165) is 0 Å². The average Bonchev–Trinajstić information content (AvgIpc) is 2.71. The molecule has 0 radical (unpaired) electrons. The van der Waals surface area contributed by atoms with E-state index in [1.165, 1.54) is 0 Å². The molecule has 0 nitrogen and oxygen atoms in total. The lowest BCUT2D eigenvalue weighted by Crippen LogP contribution is -2.78. The summed E-state index contributed by atoms with van der Waals surface area (Å²) in [6.07, 6.45) is -12.3. The second-order valence-electron chi connectivity index (χ2n) is 7.70. The molecule has 0 atom stereocenters. The second kappa shape index (κ2) is 9.38. The number of hydrogen-bond donors (Lipinski definition) is 0. The van der Waals surface area contributed by atoms with E-state index in [9.17, 15) is 110 Å². The Morgan fingerprint density at radius 1 is 0.275 bits per heavy atom. The molecule has 0 aromatic rings. The van der Waals surface area contributed by atoms with Crippen LogP contribution in [0.5, 0.6) is 0 Å². The van der Waals surface area contributed by atoms with Crippen molar-refractivity contribution < 1.29 is 110 Å². The van der Waals surface area contributed by atoms with Gasteiger partial charge in [0.25, 0.3) is 0 Å². The highest BCUT2D eigenvalue weighted by Crippen LogP contribution is 2.67. The minimum Gasteiger partial charge on any atom is -0.200 e. The molecule has 0 saturated heterocycles. The fourth-order valence-electron chi connectivity index (χ4n) is 2.46. The third-order valence-corrected chi connectivity index (χ3v) is 4.93. The predicted molar refractivity (Wildman–Crippen MR) is 75.4 cm³/mol. The highest BCUT2D eigenvalue weighted by atomic mass is 19.4. The van der Waals surface area contributed by atoms with Gasteiger partial charge in [0.1, 0.15) is 0 Å². The molecule has 25 heteroatoms. The van der Waals surface area contributed by atoms with Gasteiger partial charge in [-0.25, -0.2) is 0 Å². The highest BCUT2D eigenvalue weighted by Gasteiger charge is 2.99. The van der Waals surface area contributed by atoms with Crippen LogP contribution in [0.3, 0.4) is 0 Å². The van der Waals surface area contributed by atoms with Gasteiger partial charge < -0.3 is 0 Å². The van der Waals surface area contributed by atoms with E-state index >= 15 is 0 Å². The lowest BCUT2D eigenvalue weighted by Gasteiger charge is -2.45. The van der Waals surface area contributed by atoms with Crippen LogP contribution in [-0.4, -0.2) is 71.3 Å². The van der Waals surface area contributed by atoms with E-state index in [-0.39, 0.29) is 0 Å². The minimum absolute atomic E-state index is 0.393. The lowest BCUT2D eigenvalue weighted by molar-refractivity contribution is -0.482. The summed E-state index contributed by atoms with van der Waals surface area (Å²) in [5, 5.41) is 0. The zero-order chi connectivity index (χ0) is 33.4. The van der Waals surface area contributed by atoms with Crippen LogP contribution in [0.25, 0.3) is 0 Å². The van der Waals surface area contributed by atoms with Crippen LogP contribution in [0.4, 0.5) is 110 Å². The van der Waals surface area contributed by atoms with Gasteiger partial charge in [0.15, 0.2) is 0 Å². The number of hydrogen-bond acceptors (Lipinski definition) is 0. The van der Waals surface area contributed by atoms with Crippen LogP contribution in [-0.2, 0) is 0 Å². The Hall–Kier alpha value is -1.75. The van der Waals surface area contributed by atoms with E-state index in [1.807, 2.05) is 0 Å². The summed E-state index contributed by atoms with van der Waals surface area (Å²) in [5.41, 5.74) is 0. The normalized spacial score (nSPS) is 16.9. The zero-order valence-electron chi connectivity index (χ0n) is 17.9. The molecule has 0 aromatic heterocycles. The van der Waals surface area contributed by atoms with Crippen molar-refractivity contribution in [3.8, 4) is 0 Å². The van der Waals surface area contributed by atoms with Gasteiger partial charge in [-0.1, -0.05) is 13.3 Å². The Balaban J connectivity index is 7.30. The lowest BCUT2D eigenvalue weighted by atomic mass is 9.84. The van der Waals surface area contributed by atoms with Crippen LogP contribution in [0.15, 0.2) is 0 Å². The molecule has 242 valence electrons. The molecule has 0 bridgehead atoms. The fraction of sp³-hybridized carbons (Fsp3) is 1.00. The van der Waals surface area contributed by atoms with Crippen LogP contribution in [0, 0.1) is 0 Å². The van der Waals surface area contributed by atoms with Crippen molar-refractivity contribution in [2.75, 3.05) is 0 Å². The summed E-state index contributed by atoms with van der Waals surface area (Å²) >= 11 is 0. The van der Waals surface area contributed by atoms with Gasteiger partial charge >= 0.3 is 71.3 Å². The smallest absolute Gasteiger partial charge is 0.200 e. The summed E-state index contributed by atoms with van der Waals surface area (Å²) < 4.78 is 329. The van der Waals surface area contributed by atoms with E-state index in [1.54, 1.807) is 0 Å². The van der Waals surface area contributed by atoms with Crippen molar-refractivity contribution in [2.45, 2.75) is 91.1 Å². The van der Waals surface area contributed by atoms with Crippen LogP contribution >= 0.6 is 0 Å². The Kier molecular flexibility index (Phi) is 8.97. The highest BCUT2D eigenvalue weighted by molar-refractivity contribution is 5.19. The van der Waals surface area contributed by atoms with Crippen LogP contribution in [0.2, 0.25) is 0 Å². The number of rotatable bonds is 12. The first-order chi connectivity index (χ1) is 16.8. The number of alkyl halides is 25. The molecule has 0 amide bonds. The fourth-order valence-corrected chi connectivity index (χ4v) is 2.46. The Morgan fingerprint density at radius 3 is 0.625 bits per heavy atom. The third kappa shape index (κ3) is 4.39. The van der Waals surface area contributed by atoms with E-state index in [0.29, 0.717) is 6.92 Å². The first-order valence-electron chi connectivity index (χ1n) is 9.04. The van der Waals surface area contributed by atoms with Gasteiger partial charge in [0.2, 0.25) is 0 Å². The molecule has 0 aliphatic heterocycles.